The average molecular weight is 226 g/mol. The van der Waals surface area contributed by atoms with Gasteiger partial charge in [-0.15, -0.1) is 0 Å². The third-order valence-electron chi connectivity index (χ3n) is 2.03. The van der Waals surface area contributed by atoms with Crippen molar-refractivity contribution in [3.8, 4) is 5.75 Å². The first-order valence-corrected chi connectivity index (χ1v) is 5.26. The molecule has 4 heteroatoms. The van der Waals surface area contributed by atoms with Crippen LogP contribution in [0.1, 0.15) is 20.3 Å². The molecule has 0 bridgehead atoms. The summed E-state index contributed by atoms with van der Waals surface area (Å²) < 4.78 is 23.3. The quantitative estimate of drug-likeness (QED) is 0.724. The fraction of sp³-hybridized carbons (Fsp3) is 0.417. The van der Waals surface area contributed by atoms with Crippen molar-refractivity contribution in [3.63, 3.8) is 0 Å². The predicted molar refractivity (Wildman–Crippen MR) is 57.7 cm³/mol. The molecule has 0 radical (unpaired) electrons. The number of hydrogen-bond donors (Lipinski definition) is 0. The monoisotopic (exact) mass is 226 g/mol. The van der Waals surface area contributed by atoms with Crippen molar-refractivity contribution in [2.24, 2.45) is 0 Å². The Hall–Kier alpha value is -1.58. The molecular formula is C12H15FO3. The van der Waals surface area contributed by atoms with Crippen LogP contribution in [0.2, 0.25) is 0 Å². The molecule has 0 saturated carbocycles. The van der Waals surface area contributed by atoms with Crippen molar-refractivity contribution < 1.29 is 18.7 Å². The molecule has 1 aromatic rings. The summed E-state index contributed by atoms with van der Waals surface area (Å²) in [5, 5.41) is 0. The second kappa shape index (κ2) is 6.10. The Morgan fingerprint density at radius 3 is 2.62 bits per heavy atom. The average Bonchev–Trinajstić information content (AvgIpc) is 2.28. The van der Waals surface area contributed by atoms with Crippen LogP contribution in [0.15, 0.2) is 24.3 Å². The molecule has 1 aromatic carbocycles. The van der Waals surface area contributed by atoms with E-state index in [2.05, 4.69) is 0 Å². The smallest absolute Gasteiger partial charge is 0.347 e. The molecule has 16 heavy (non-hydrogen) atoms. The standard InChI is InChI=1S/C12H15FO3/c1-3-10(12(14)15-4-2)16-11-8-6-5-7-9(11)13/h5-8,10H,3-4H2,1-2H3. The number of para-hydroxylation sites is 1. The molecule has 0 aliphatic heterocycles. The van der Waals surface area contributed by atoms with Crippen LogP contribution in [0.5, 0.6) is 5.75 Å². The molecule has 0 fully saturated rings. The van der Waals surface area contributed by atoms with Crippen LogP contribution in [-0.2, 0) is 9.53 Å². The SMILES string of the molecule is CCOC(=O)C(CC)Oc1ccccc1F. The summed E-state index contributed by atoms with van der Waals surface area (Å²) >= 11 is 0. The van der Waals surface area contributed by atoms with E-state index in [4.69, 9.17) is 9.47 Å². The molecule has 0 amide bonds. The second-order valence-corrected chi connectivity index (χ2v) is 3.20. The van der Waals surface area contributed by atoms with E-state index in [1.54, 1.807) is 26.0 Å². The second-order valence-electron chi connectivity index (χ2n) is 3.20. The van der Waals surface area contributed by atoms with Crippen LogP contribution in [0, 0.1) is 5.82 Å². The van der Waals surface area contributed by atoms with Crippen LogP contribution < -0.4 is 4.74 Å². The van der Waals surface area contributed by atoms with E-state index in [0.29, 0.717) is 6.42 Å². The van der Waals surface area contributed by atoms with Crippen LogP contribution in [0.3, 0.4) is 0 Å². The Morgan fingerprint density at radius 1 is 1.38 bits per heavy atom. The zero-order valence-electron chi connectivity index (χ0n) is 9.40. The van der Waals surface area contributed by atoms with E-state index < -0.39 is 17.9 Å². The number of ether oxygens (including phenoxy) is 2. The first-order chi connectivity index (χ1) is 7.69. The van der Waals surface area contributed by atoms with Gasteiger partial charge in [-0.05, 0) is 25.5 Å². The van der Waals surface area contributed by atoms with Gasteiger partial charge in [0.15, 0.2) is 17.7 Å². The first-order valence-electron chi connectivity index (χ1n) is 5.26. The van der Waals surface area contributed by atoms with E-state index in [-0.39, 0.29) is 12.4 Å². The van der Waals surface area contributed by atoms with Crippen molar-refractivity contribution in [2.75, 3.05) is 6.61 Å². The summed E-state index contributed by atoms with van der Waals surface area (Å²) in [6, 6.07) is 5.98. The van der Waals surface area contributed by atoms with Gasteiger partial charge in [-0.1, -0.05) is 19.1 Å². The molecule has 0 saturated heterocycles. The number of carbonyl (C=O) groups excluding carboxylic acids is 1. The summed E-state index contributed by atoms with van der Waals surface area (Å²) in [5.74, 6) is -0.874. The summed E-state index contributed by atoms with van der Waals surface area (Å²) in [6.07, 6.45) is -0.315. The molecule has 1 unspecified atom stereocenters. The summed E-state index contributed by atoms with van der Waals surface area (Å²) in [5.41, 5.74) is 0. The predicted octanol–water partition coefficient (Wildman–Crippen LogP) is 2.55. The Bertz CT molecular complexity index is 352. The summed E-state index contributed by atoms with van der Waals surface area (Å²) in [4.78, 5) is 11.4. The van der Waals surface area contributed by atoms with Gasteiger partial charge < -0.3 is 9.47 Å². The zero-order chi connectivity index (χ0) is 12.0. The molecule has 0 N–H and O–H groups in total. The first kappa shape index (κ1) is 12.5. The summed E-state index contributed by atoms with van der Waals surface area (Å²) in [6.45, 7) is 3.78. The highest BCUT2D eigenvalue weighted by atomic mass is 19.1. The van der Waals surface area contributed by atoms with Gasteiger partial charge in [0.25, 0.3) is 0 Å². The number of esters is 1. The fourth-order valence-electron chi connectivity index (χ4n) is 1.23. The van der Waals surface area contributed by atoms with E-state index in [1.165, 1.54) is 12.1 Å². The zero-order valence-corrected chi connectivity index (χ0v) is 9.40. The Kier molecular flexibility index (Phi) is 4.76. The van der Waals surface area contributed by atoms with E-state index in [9.17, 15) is 9.18 Å². The van der Waals surface area contributed by atoms with Crippen molar-refractivity contribution in [1.29, 1.82) is 0 Å². The number of benzene rings is 1. The van der Waals surface area contributed by atoms with Gasteiger partial charge in [-0.25, -0.2) is 9.18 Å². The van der Waals surface area contributed by atoms with Crippen molar-refractivity contribution in [1.82, 2.24) is 0 Å². The highest BCUT2D eigenvalue weighted by molar-refractivity contribution is 5.75. The third-order valence-corrected chi connectivity index (χ3v) is 2.03. The lowest BCUT2D eigenvalue weighted by atomic mass is 10.2. The van der Waals surface area contributed by atoms with Gasteiger partial charge in [0.2, 0.25) is 0 Å². The van der Waals surface area contributed by atoms with Crippen LogP contribution in [0.25, 0.3) is 0 Å². The van der Waals surface area contributed by atoms with Gasteiger partial charge >= 0.3 is 5.97 Å². The number of rotatable bonds is 5. The number of halogens is 1. The van der Waals surface area contributed by atoms with Gasteiger partial charge in [0.05, 0.1) is 6.61 Å². The molecule has 88 valence electrons. The van der Waals surface area contributed by atoms with Crippen molar-refractivity contribution in [3.05, 3.63) is 30.1 Å². The molecule has 3 nitrogen and oxygen atoms in total. The maximum atomic E-state index is 13.3. The van der Waals surface area contributed by atoms with E-state index >= 15 is 0 Å². The number of carbonyl (C=O) groups is 1. The Balaban J connectivity index is 2.70. The number of hydrogen-bond acceptors (Lipinski definition) is 3. The normalized spacial score (nSPS) is 11.9. The maximum Gasteiger partial charge on any atom is 0.347 e. The van der Waals surface area contributed by atoms with Gasteiger partial charge in [0.1, 0.15) is 0 Å². The highest BCUT2D eigenvalue weighted by Crippen LogP contribution is 2.18. The van der Waals surface area contributed by atoms with E-state index in [0.717, 1.165) is 0 Å². The van der Waals surface area contributed by atoms with Gasteiger partial charge in [0, 0.05) is 0 Å². The molecule has 0 aliphatic rings. The van der Waals surface area contributed by atoms with Crippen molar-refractivity contribution in [2.45, 2.75) is 26.4 Å². The summed E-state index contributed by atoms with van der Waals surface area (Å²) in [7, 11) is 0. The van der Waals surface area contributed by atoms with Crippen LogP contribution in [0.4, 0.5) is 4.39 Å². The minimum absolute atomic E-state index is 0.0717. The molecule has 0 heterocycles. The van der Waals surface area contributed by atoms with Gasteiger partial charge in [-0.2, -0.15) is 0 Å². The molecule has 1 rings (SSSR count). The van der Waals surface area contributed by atoms with Crippen molar-refractivity contribution >= 4 is 5.97 Å². The van der Waals surface area contributed by atoms with Crippen LogP contribution >= 0.6 is 0 Å². The highest BCUT2D eigenvalue weighted by Gasteiger charge is 2.20. The van der Waals surface area contributed by atoms with Crippen LogP contribution in [-0.4, -0.2) is 18.7 Å². The lowest BCUT2D eigenvalue weighted by molar-refractivity contribution is -0.151. The molecule has 0 aliphatic carbocycles. The lowest BCUT2D eigenvalue weighted by Crippen LogP contribution is -2.29. The van der Waals surface area contributed by atoms with Gasteiger partial charge in [-0.3, -0.25) is 0 Å². The molecule has 0 aromatic heterocycles. The molecular weight excluding hydrogens is 211 g/mol. The lowest BCUT2D eigenvalue weighted by Gasteiger charge is -2.16. The largest absolute Gasteiger partial charge is 0.476 e. The topological polar surface area (TPSA) is 35.5 Å². The fourth-order valence-corrected chi connectivity index (χ4v) is 1.23. The maximum absolute atomic E-state index is 13.3. The van der Waals surface area contributed by atoms with E-state index in [1.807, 2.05) is 0 Å². The molecule has 1 atom stereocenters. The third kappa shape index (κ3) is 3.22. The minimum atomic E-state index is -0.753. The Labute approximate surface area is 94.2 Å². The molecule has 0 spiro atoms. The minimum Gasteiger partial charge on any atom is -0.476 e. The Morgan fingerprint density at radius 2 is 2.06 bits per heavy atom.